The van der Waals surface area contributed by atoms with Crippen LogP contribution in [0.25, 0.3) is 11.4 Å². The van der Waals surface area contributed by atoms with Crippen LogP contribution in [-0.4, -0.2) is 43.6 Å². The van der Waals surface area contributed by atoms with Crippen molar-refractivity contribution in [3.05, 3.63) is 90.0 Å². The highest BCUT2D eigenvalue weighted by molar-refractivity contribution is 5.68. The van der Waals surface area contributed by atoms with Gasteiger partial charge in [0.05, 0.1) is 17.5 Å². The van der Waals surface area contributed by atoms with E-state index in [9.17, 15) is 4.79 Å². The molecule has 1 fully saturated rings. The van der Waals surface area contributed by atoms with Crippen molar-refractivity contribution in [3.63, 3.8) is 0 Å². The van der Waals surface area contributed by atoms with Gasteiger partial charge in [-0.3, -0.25) is 4.68 Å². The molecule has 1 aliphatic carbocycles. The Morgan fingerprint density at radius 3 is 2.19 bits per heavy atom. The van der Waals surface area contributed by atoms with E-state index < -0.39 is 5.60 Å². The van der Waals surface area contributed by atoms with Crippen molar-refractivity contribution in [1.82, 2.24) is 25.1 Å². The third kappa shape index (κ3) is 7.26. The average Bonchev–Trinajstić information content (AvgIpc) is 3.37. The van der Waals surface area contributed by atoms with Gasteiger partial charge in [-0.1, -0.05) is 38.1 Å². The minimum absolute atomic E-state index is 0.0836. The highest BCUT2D eigenvalue weighted by Gasteiger charge is 2.33. The maximum atomic E-state index is 12.0. The van der Waals surface area contributed by atoms with Crippen molar-refractivity contribution < 1.29 is 19.0 Å². The molecule has 1 N–H and O–H groups in total. The zero-order valence-corrected chi connectivity index (χ0v) is 25.1. The third-order valence-corrected chi connectivity index (χ3v) is 7.33. The normalized spacial score (nSPS) is 16.8. The number of nitrogens with one attached hydrogen (secondary N) is 1. The second kappa shape index (κ2) is 11.8. The first-order valence-electron chi connectivity index (χ1n) is 14.3. The van der Waals surface area contributed by atoms with E-state index in [0.717, 1.165) is 35.6 Å². The summed E-state index contributed by atoms with van der Waals surface area (Å²) in [6, 6.07) is 18.4. The molecule has 9 nitrogen and oxygen atoms in total. The van der Waals surface area contributed by atoms with Crippen molar-refractivity contribution in [2.24, 2.45) is 7.05 Å². The van der Waals surface area contributed by atoms with Gasteiger partial charge in [0.15, 0.2) is 5.82 Å². The first-order chi connectivity index (χ1) is 19.9. The SMILES string of the molecule is Cn1cc(-c2nccc(COc3ccc(C(C)(C)c4ccc(OC5CC(NC(=O)OC(C)(C)C)C5)cc4)cc3)n2)cn1. The number of carbonyl (C=O) groups excluding carboxylic acids is 1. The van der Waals surface area contributed by atoms with E-state index in [1.807, 2.05) is 64.3 Å². The Morgan fingerprint density at radius 2 is 1.60 bits per heavy atom. The first kappa shape index (κ1) is 29.1. The number of carbonyl (C=O) groups is 1. The van der Waals surface area contributed by atoms with Crippen molar-refractivity contribution in [2.45, 2.75) is 77.2 Å². The number of rotatable bonds is 9. The largest absolute Gasteiger partial charge is 0.490 e. The standard InChI is InChI=1S/C33H39N5O4/c1-32(2,3)42-31(39)37-26-17-29(18-26)41-28-13-9-24(10-14-28)33(4,5)23-7-11-27(12-8-23)40-21-25-15-16-34-30(36-25)22-19-35-38(6)20-22/h7-16,19-20,26,29H,17-18,21H2,1-6H3,(H,37,39). The number of benzene rings is 2. The number of hydrogen-bond donors (Lipinski definition) is 1. The lowest BCUT2D eigenvalue weighted by Gasteiger charge is -2.36. The molecule has 2 heterocycles. The highest BCUT2D eigenvalue weighted by Crippen LogP contribution is 2.34. The summed E-state index contributed by atoms with van der Waals surface area (Å²) in [5.41, 5.74) is 3.33. The van der Waals surface area contributed by atoms with Crippen LogP contribution in [0, 0.1) is 0 Å². The molecule has 0 aliphatic heterocycles. The fourth-order valence-corrected chi connectivity index (χ4v) is 4.84. The van der Waals surface area contributed by atoms with Gasteiger partial charge in [-0.15, -0.1) is 0 Å². The zero-order chi connectivity index (χ0) is 29.9. The Bertz CT molecular complexity index is 1500. The van der Waals surface area contributed by atoms with Crippen LogP contribution in [-0.2, 0) is 23.8 Å². The van der Waals surface area contributed by atoms with Gasteiger partial charge in [0.25, 0.3) is 0 Å². The van der Waals surface area contributed by atoms with Crippen LogP contribution in [0.2, 0.25) is 0 Å². The minimum Gasteiger partial charge on any atom is -0.490 e. The quantitative estimate of drug-likeness (QED) is 0.256. The number of nitrogens with zero attached hydrogens (tertiary/aromatic N) is 4. The summed E-state index contributed by atoms with van der Waals surface area (Å²) in [4.78, 5) is 20.9. The van der Waals surface area contributed by atoms with E-state index in [1.54, 1.807) is 17.1 Å². The second-order valence-corrected chi connectivity index (χ2v) is 12.3. The van der Waals surface area contributed by atoms with Gasteiger partial charge in [0.2, 0.25) is 0 Å². The Morgan fingerprint density at radius 1 is 0.952 bits per heavy atom. The van der Waals surface area contributed by atoms with E-state index in [-0.39, 0.29) is 23.7 Å². The Labute approximate surface area is 247 Å². The van der Waals surface area contributed by atoms with Crippen LogP contribution in [0.15, 0.2) is 73.2 Å². The highest BCUT2D eigenvalue weighted by atomic mass is 16.6. The maximum absolute atomic E-state index is 12.0. The molecular formula is C33H39N5O4. The van der Waals surface area contributed by atoms with Crippen LogP contribution < -0.4 is 14.8 Å². The summed E-state index contributed by atoms with van der Waals surface area (Å²) in [5.74, 6) is 2.24. The molecule has 2 aromatic carbocycles. The molecule has 0 unspecified atom stereocenters. The molecule has 1 aliphatic rings. The Kier molecular flexibility index (Phi) is 8.20. The number of aromatic nitrogens is 4. The monoisotopic (exact) mass is 569 g/mol. The Hall–Kier alpha value is -4.40. The van der Waals surface area contributed by atoms with Gasteiger partial charge in [0.1, 0.15) is 29.8 Å². The van der Waals surface area contributed by atoms with Gasteiger partial charge < -0.3 is 19.5 Å². The number of hydrogen-bond acceptors (Lipinski definition) is 7. The van der Waals surface area contributed by atoms with E-state index in [2.05, 4.69) is 58.5 Å². The summed E-state index contributed by atoms with van der Waals surface area (Å²) in [7, 11) is 1.87. The average molecular weight is 570 g/mol. The van der Waals surface area contributed by atoms with Gasteiger partial charge in [0, 0.05) is 43.7 Å². The van der Waals surface area contributed by atoms with E-state index in [4.69, 9.17) is 14.2 Å². The molecule has 2 aromatic heterocycles. The fourth-order valence-electron chi connectivity index (χ4n) is 4.84. The molecule has 0 bridgehead atoms. The molecule has 42 heavy (non-hydrogen) atoms. The smallest absolute Gasteiger partial charge is 0.407 e. The van der Waals surface area contributed by atoms with Crippen LogP contribution in [0.3, 0.4) is 0 Å². The maximum Gasteiger partial charge on any atom is 0.407 e. The third-order valence-electron chi connectivity index (χ3n) is 7.33. The van der Waals surface area contributed by atoms with E-state index in [0.29, 0.717) is 12.4 Å². The van der Waals surface area contributed by atoms with E-state index >= 15 is 0 Å². The predicted octanol–water partition coefficient (Wildman–Crippen LogP) is 6.22. The van der Waals surface area contributed by atoms with Gasteiger partial charge in [-0.05, 0) is 62.2 Å². The summed E-state index contributed by atoms with van der Waals surface area (Å²) in [5, 5.41) is 7.10. The molecule has 1 saturated carbocycles. The van der Waals surface area contributed by atoms with Crippen LogP contribution >= 0.6 is 0 Å². The van der Waals surface area contributed by atoms with Crippen LogP contribution in [0.5, 0.6) is 11.5 Å². The summed E-state index contributed by atoms with van der Waals surface area (Å²) >= 11 is 0. The molecule has 4 aromatic rings. The lowest BCUT2D eigenvalue weighted by Crippen LogP contribution is -2.50. The molecule has 220 valence electrons. The molecule has 0 atom stereocenters. The van der Waals surface area contributed by atoms with Crippen molar-refractivity contribution >= 4 is 6.09 Å². The van der Waals surface area contributed by atoms with Gasteiger partial charge in [-0.25, -0.2) is 14.8 Å². The fraction of sp³-hybridized carbons (Fsp3) is 0.394. The lowest BCUT2D eigenvalue weighted by atomic mass is 9.78. The van der Waals surface area contributed by atoms with Crippen molar-refractivity contribution in [2.75, 3.05) is 0 Å². The molecule has 0 saturated heterocycles. The summed E-state index contributed by atoms with van der Waals surface area (Å²) in [6.45, 7) is 10.3. The second-order valence-electron chi connectivity index (χ2n) is 12.3. The first-order valence-corrected chi connectivity index (χ1v) is 14.3. The topological polar surface area (TPSA) is 100 Å². The molecule has 9 heteroatoms. The molecular weight excluding hydrogens is 530 g/mol. The summed E-state index contributed by atoms with van der Waals surface area (Å²) < 4.78 is 19.2. The number of aryl methyl sites for hydroxylation is 1. The number of alkyl carbamates (subject to hydrolysis) is 1. The summed E-state index contributed by atoms with van der Waals surface area (Å²) in [6.07, 6.45) is 6.62. The van der Waals surface area contributed by atoms with Gasteiger partial charge in [-0.2, -0.15) is 5.10 Å². The zero-order valence-electron chi connectivity index (χ0n) is 25.1. The van der Waals surface area contributed by atoms with Crippen LogP contribution in [0.1, 0.15) is 64.3 Å². The lowest BCUT2D eigenvalue weighted by molar-refractivity contribution is 0.0363. The molecule has 0 spiro atoms. The molecule has 5 rings (SSSR count). The van der Waals surface area contributed by atoms with E-state index in [1.165, 1.54) is 11.1 Å². The van der Waals surface area contributed by atoms with Crippen molar-refractivity contribution in [3.8, 4) is 22.9 Å². The minimum atomic E-state index is -0.501. The van der Waals surface area contributed by atoms with Crippen molar-refractivity contribution in [1.29, 1.82) is 0 Å². The Balaban J connectivity index is 1.12. The number of ether oxygens (including phenoxy) is 3. The number of amides is 1. The predicted molar refractivity (Wildman–Crippen MR) is 160 cm³/mol. The van der Waals surface area contributed by atoms with Crippen LogP contribution in [0.4, 0.5) is 4.79 Å². The van der Waals surface area contributed by atoms with Gasteiger partial charge >= 0.3 is 6.09 Å². The molecule has 0 radical (unpaired) electrons. The molecule has 1 amide bonds.